The average molecular weight is 142 g/mol. The van der Waals surface area contributed by atoms with E-state index in [-0.39, 0.29) is 0 Å². The molecule has 0 saturated carbocycles. The van der Waals surface area contributed by atoms with Crippen LogP contribution in [0.1, 0.15) is 6.92 Å². The molecule has 1 nitrogen and oxygen atoms in total. The first-order valence-electron chi connectivity index (χ1n) is 2.50. The van der Waals surface area contributed by atoms with Crippen LogP contribution in [-0.2, 0) is 4.74 Å². The van der Waals surface area contributed by atoms with Crippen molar-refractivity contribution in [3.8, 4) is 0 Å². The summed E-state index contributed by atoms with van der Waals surface area (Å²) in [7, 11) is 0. The van der Waals surface area contributed by atoms with Crippen LogP contribution in [0.3, 0.4) is 0 Å². The van der Waals surface area contributed by atoms with Crippen LogP contribution in [0.5, 0.6) is 0 Å². The fourth-order valence-electron chi connectivity index (χ4n) is 0.245. The van der Waals surface area contributed by atoms with E-state index >= 15 is 0 Å². The van der Waals surface area contributed by atoms with E-state index in [2.05, 4.69) is 4.74 Å². The molecule has 0 aromatic carbocycles. The normalized spacial score (nSPS) is 12.0. The molecule has 0 heterocycles. The molecule has 0 fully saturated rings. The third-order valence-corrected chi connectivity index (χ3v) is 0.968. The van der Waals surface area contributed by atoms with Gasteiger partial charge in [0.2, 0.25) is 0 Å². The van der Waals surface area contributed by atoms with Crippen molar-refractivity contribution < 1.29 is 17.9 Å². The van der Waals surface area contributed by atoms with E-state index in [9.17, 15) is 13.2 Å². The SMILES string of the molecule is CC(CF)(CF)OCF. The van der Waals surface area contributed by atoms with Gasteiger partial charge in [0, 0.05) is 0 Å². The van der Waals surface area contributed by atoms with E-state index in [0.29, 0.717) is 0 Å². The third kappa shape index (κ3) is 2.70. The lowest BCUT2D eigenvalue weighted by Gasteiger charge is -2.20. The molecule has 0 N–H and O–H groups in total. The maximum absolute atomic E-state index is 11.7. The van der Waals surface area contributed by atoms with Gasteiger partial charge < -0.3 is 4.74 Å². The predicted octanol–water partition coefficient (Wildman–Crippen LogP) is 1.63. The lowest BCUT2D eigenvalue weighted by molar-refractivity contribution is -0.0964. The smallest absolute Gasteiger partial charge is 0.189 e. The van der Waals surface area contributed by atoms with Crippen molar-refractivity contribution in [2.75, 3.05) is 20.2 Å². The largest absolute Gasteiger partial charge is 0.339 e. The van der Waals surface area contributed by atoms with E-state index in [1.807, 2.05) is 0 Å². The Kier molecular flexibility index (Phi) is 3.61. The van der Waals surface area contributed by atoms with Gasteiger partial charge in [-0.1, -0.05) is 0 Å². The Balaban J connectivity index is 3.62. The van der Waals surface area contributed by atoms with Gasteiger partial charge in [0.1, 0.15) is 19.0 Å². The summed E-state index contributed by atoms with van der Waals surface area (Å²) in [4.78, 5) is 0. The summed E-state index contributed by atoms with van der Waals surface area (Å²) in [6.45, 7) is -1.99. The minimum Gasteiger partial charge on any atom is -0.339 e. The molecule has 0 aromatic rings. The van der Waals surface area contributed by atoms with Crippen LogP contribution >= 0.6 is 0 Å². The van der Waals surface area contributed by atoms with Gasteiger partial charge >= 0.3 is 0 Å². The van der Waals surface area contributed by atoms with Gasteiger partial charge in [0.15, 0.2) is 6.86 Å². The summed E-state index contributed by atoms with van der Waals surface area (Å²) in [5, 5.41) is 0. The lowest BCUT2D eigenvalue weighted by Crippen LogP contribution is -2.33. The molecule has 0 atom stereocenters. The monoisotopic (exact) mass is 142 g/mol. The molecule has 0 radical (unpaired) electrons. The quantitative estimate of drug-likeness (QED) is 0.579. The van der Waals surface area contributed by atoms with E-state index < -0.39 is 25.8 Å². The topological polar surface area (TPSA) is 9.23 Å². The standard InChI is InChI=1S/C5H9F3O/c1-5(2-6,3-7)9-4-8/h2-4H2,1H3. The van der Waals surface area contributed by atoms with Crippen LogP contribution in [0.4, 0.5) is 13.2 Å². The molecule has 56 valence electrons. The Morgan fingerprint density at radius 1 is 1.22 bits per heavy atom. The molecule has 0 rings (SSSR count). The highest BCUT2D eigenvalue weighted by atomic mass is 19.1. The molecule has 0 unspecified atom stereocenters. The number of ether oxygens (including phenoxy) is 1. The van der Waals surface area contributed by atoms with Crippen LogP contribution in [0.2, 0.25) is 0 Å². The second-order valence-corrected chi connectivity index (χ2v) is 1.97. The average Bonchev–Trinajstić information content (AvgIpc) is 1.89. The lowest BCUT2D eigenvalue weighted by atomic mass is 10.1. The molecule has 9 heavy (non-hydrogen) atoms. The van der Waals surface area contributed by atoms with E-state index in [1.54, 1.807) is 0 Å². The Hall–Kier alpha value is -0.250. The van der Waals surface area contributed by atoms with Gasteiger partial charge in [-0.05, 0) is 6.92 Å². The molecule has 0 aromatic heterocycles. The van der Waals surface area contributed by atoms with Crippen molar-refractivity contribution in [3.05, 3.63) is 0 Å². The summed E-state index contributed by atoms with van der Waals surface area (Å²) >= 11 is 0. The molecule has 0 bridgehead atoms. The zero-order valence-electron chi connectivity index (χ0n) is 5.16. The second-order valence-electron chi connectivity index (χ2n) is 1.97. The number of hydrogen-bond donors (Lipinski definition) is 0. The third-order valence-electron chi connectivity index (χ3n) is 0.968. The summed E-state index contributed by atoms with van der Waals surface area (Å²) in [6, 6.07) is 0. The number of halogens is 3. The first-order valence-corrected chi connectivity index (χ1v) is 2.50. The highest BCUT2D eigenvalue weighted by molar-refractivity contribution is 4.71. The molecule has 0 aliphatic rings. The summed E-state index contributed by atoms with van der Waals surface area (Å²) in [6.07, 6.45) is 0. The van der Waals surface area contributed by atoms with Crippen molar-refractivity contribution in [1.29, 1.82) is 0 Å². The first kappa shape index (κ1) is 8.75. The Morgan fingerprint density at radius 3 is 1.78 bits per heavy atom. The summed E-state index contributed by atoms with van der Waals surface area (Å²) < 4.78 is 38.8. The minimum atomic E-state index is -1.57. The first-order chi connectivity index (χ1) is 4.18. The van der Waals surface area contributed by atoms with Gasteiger partial charge in [0.25, 0.3) is 0 Å². The van der Waals surface area contributed by atoms with Crippen LogP contribution < -0.4 is 0 Å². The van der Waals surface area contributed by atoms with Gasteiger partial charge in [0.05, 0.1) is 0 Å². The van der Waals surface area contributed by atoms with Crippen molar-refractivity contribution in [3.63, 3.8) is 0 Å². The van der Waals surface area contributed by atoms with Gasteiger partial charge in [-0.25, -0.2) is 13.2 Å². The highest BCUT2D eigenvalue weighted by Gasteiger charge is 2.24. The maximum Gasteiger partial charge on any atom is 0.189 e. The predicted molar refractivity (Wildman–Crippen MR) is 27.4 cm³/mol. The van der Waals surface area contributed by atoms with Gasteiger partial charge in [-0.3, -0.25) is 0 Å². The molecule has 0 aliphatic heterocycles. The fraction of sp³-hybridized carbons (Fsp3) is 1.00. The maximum atomic E-state index is 11.7. The highest BCUT2D eigenvalue weighted by Crippen LogP contribution is 2.11. The van der Waals surface area contributed by atoms with Crippen molar-refractivity contribution in [1.82, 2.24) is 0 Å². The van der Waals surface area contributed by atoms with Gasteiger partial charge in [-0.2, -0.15) is 0 Å². The second kappa shape index (κ2) is 3.71. The number of alkyl halides is 3. The van der Waals surface area contributed by atoms with E-state index in [0.717, 1.165) is 0 Å². The number of hydrogen-bond acceptors (Lipinski definition) is 1. The Morgan fingerprint density at radius 2 is 1.67 bits per heavy atom. The molecule has 0 amide bonds. The van der Waals surface area contributed by atoms with Crippen LogP contribution in [0.25, 0.3) is 0 Å². The van der Waals surface area contributed by atoms with Crippen molar-refractivity contribution in [2.45, 2.75) is 12.5 Å². The van der Waals surface area contributed by atoms with Crippen molar-refractivity contribution >= 4 is 0 Å². The zero-order chi connectivity index (χ0) is 7.33. The van der Waals surface area contributed by atoms with Crippen molar-refractivity contribution in [2.24, 2.45) is 0 Å². The zero-order valence-corrected chi connectivity index (χ0v) is 5.16. The number of rotatable bonds is 4. The van der Waals surface area contributed by atoms with E-state index in [1.165, 1.54) is 6.92 Å². The van der Waals surface area contributed by atoms with E-state index in [4.69, 9.17) is 0 Å². The fourth-order valence-corrected chi connectivity index (χ4v) is 0.245. The Bertz CT molecular complexity index is 72.6. The van der Waals surface area contributed by atoms with Crippen LogP contribution in [0.15, 0.2) is 0 Å². The molecule has 0 saturated heterocycles. The molecular weight excluding hydrogens is 133 g/mol. The summed E-state index contributed by atoms with van der Waals surface area (Å²) in [5.74, 6) is 0. The minimum absolute atomic E-state index is 1.01. The Labute approximate surface area is 51.8 Å². The molecule has 0 aliphatic carbocycles. The molecular formula is C5H9F3O. The summed E-state index contributed by atoms with van der Waals surface area (Å²) in [5.41, 5.74) is -1.57. The molecule has 4 heteroatoms. The van der Waals surface area contributed by atoms with Crippen LogP contribution in [-0.4, -0.2) is 25.8 Å². The van der Waals surface area contributed by atoms with Gasteiger partial charge in [-0.15, -0.1) is 0 Å². The van der Waals surface area contributed by atoms with Crippen LogP contribution in [0, 0.1) is 0 Å². The molecule has 0 spiro atoms.